The van der Waals surface area contributed by atoms with Crippen LogP contribution in [0.1, 0.15) is 36.0 Å². The molecule has 0 spiro atoms. The molecular weight excluding hydrogens is 272 g/mol. The summed E-state index contributed by atoms with van der Waals surface area (Å²) in [7, 11) is 0. The number of nitrogen functional groups attached to an aromatic ring is 1. The number of carbonyl (C=O) groups is 1. The van der Waals surface area contributed by atoms with Gasteiger partial charge in [0.1, 0.15) is 17.6 Å². The Bertz CT molecular complexity index is 590. The van der Waals surface area contributed by atoms with E-state index in [9.17, 15) is 14.9 Å². The number of nitro groups is 1. The van der Waals surface area contributed by atoms with Gasteiger partial charge in [-0.15, -0.1) is 0 Å². The minimum Gasteiger partial charge on any atom is -0.384 e. The van der Waals surface area contributed by atoms with Crippen molar-refractivity contribution < 1.29 is 9.72 Å². The molecule has 112 valence electrons. The van der Waals surface area contributed by atoms with E-state index in [1.165, 1.54) is 25.3 Å². The molecule has 1 amide bonds. The minimum atomic E-state index is -0.612. The number of amides is 1. The van der Waals surface area contributed by atoms with Gasteiger partial charge in [-0.05, 0) is 43.1 Å². The van der Waals surface area contributed by atoms with Crippen molar-refractivity contribution in [1.29, 1.82) is 0 Å². The van der Waals surface area contributed by atoms with Crippen LogP contribution in [0.3, 0.4) is 0 Å². The lowest BCUT2D eigenvalue weighted by Crippen LogP contribution is -2.32. The Hall–Kier alpha value is -2.18. The van der Waals surface area contributed by atoms with E-state index >= 15 is 0 Å². The van der Waals surface area contributed by atoms with Crippen molar-refractivity contribution in [3.63, 3.8) is 0 Å². The Labute approximate surface area is 122 Å². The number of nitrogens with two attached hydrogens (primary N) is 1. The summed E-state index contributed by atoms with van der Waals surface area (Å²) in [5, 5.41) is 13.8. The van der Waals surface area contributed by atoms with Crippen LogP contribution in [0.2, 0.25) is 0 Å². The highest BCUT2D eigenvalue weighted by Gasteiger charge is 2.39. The molecule has 7 nitrogen and oxygen atoms in total. The zero-order valence-electron chi connectivity index (χ0n) is 11.6. The fourth-order valence-electron chi connectivity index (χ4n) is 3.74. The lowest BCUT2D eigenvalue weighted by molar-refractivity contribution is -0.385. The van der Waals surface area contributed by atoms with Gasteiger partial charge in [0, 0.05) is 6.54 Å². The highest BCUT2D eigenvalue weighted by Crippen LogP contribution is 2.47. The van der Waals surface area contributed by atoms with E-state index in [4.69, 9.17) is 5.73 Å². The maximum atomic E-state index is 12.2. The number of pyridine rings is 1. The first-order chi connectivity index (χ1) is 10.0. The van der Waals surface area contributed by atoms with Crippen molar-refractivity contribution in [3.8, 4) is 0 Å². The summed E-state index contributed by atoms with van der Waals surface area (Å²) in [5.74, 6) is 1.67. The predicted molar refractivity (Wildman–Crippen MR) is 76.6 cm³/mol. The molecule has 7 heteroatoms. The van der Waals surface area contributed by atoms with Gasteiger partial charge in [-0.25, -0.2) is 4.98 Å². The third kappa shape index (κ3) is 2.68. The van der Waals surface area contributed by atoms with Crippen LogP contribution >= 0.6 is 0 Å². The summed E-state index contributed by atoms with van der Waals surface area (Å²) >= 11 is 0. The molecule has 0 aliphatic heterocycles. The molecule has 3 atom stereocenters. The largest absolute Gasteiger partial charge is 0.384 e. The zero-order valence-corrected chi connectivity index (χ0v) is 11.6. The molecule has 3 unspecified atom stereocenters. The first kappa shape index (κ1) is 13.8. The number of rotatable bonds is 4. The Morgan fingerprint density at radius 1 is 1.48 bits per heavy atom. The quantitative estimate of drug-likeness (QED) is 0.648. The fourth-order valence-corrected chi connectivity index (χ4v) is 3.74. The third-order valence-corrected chi connectivity index (χ3v) is 4.75. The van der Waals surface area contributed by atoms with E-state index < -0.39 is 10.8 Å². The highest BCUT2D eigenvalue weighted by atomic mass is 16.6. The lowest BCUT2D eigenvalue weighted by atomic mass is 9.89. The number of nitrogens with one attached hydrogen (secondary N) is 1. The van der Waals surface area contributed by atoms with Crippen LogP contribution in [-0.2, 0) is 0 Å². The number of carbonyl (C=O) groups excluding carboxylic acids is 1. The zero-order chi connectivity index (χ0) is 15.0. The molecule has 21 heavy (non-hydrogen) atoms. The average Bonchev–Trinajstić information content (AvgIpc) is 3.06. The average molecular weight is 290 g/mol. The van der Waals surface area contributed by atoms with Crippen LogP contribution in [0, 0.1) is 27.9 Å². The topological polar surface area (TPSA) is 111 Å². The van der Waals surface area contributed by atoms with Crippen LogP contribution in [0.25, 0.3) is 0 Å². The predicted octanol–water partition coefficient (Wildman–Crippen LogP) is 1.74. The monoisotopic (exact) mass is 290 g/mol. The Balaban J connectivity index is 1.68. The molecule has 3 N–H and O–H groups in total. The molecule has 0 radical (unpaired) electrons. The molecule has 2 aliphatic rings. The number of fused-ring (bicyclic) bond motifs is 2. The van der Waals surface area contributed by atoms with Crippen molar-refractivity contribution in [1.82, 2.24) is 10.3 Å². The summed E-state index contributed by atoms with van der Waals surface area (Å²) < 4.78 is 0. The first-order valence-electron chi connectivity index (χ1n) is 7.22. The van der Waals surface area contributed by atoms with Gasteiger partial charge in [0.05, 0.1) is 4.92 Å². The van der Waals surface area contributed by atoms with Crippen LogP contribution < -0.4 is 11.1 Å². The number of nitrogens with zero attached hydrogens (tertiary/aromatic N) is 2. The molecule has 1 aromatic rings. The van der Waals surface area contributed by atoms with Crippen molar-refractivity contribution in [3.05, 3.63) is 27.9 Å². The van der Waals surface area contributed by atoms with E-state index in [1.54, 1.807) is 0 Å². The van der Waals surface area contributed by atoms with Gasteiger partial charge in [0.2, 0.25) is 0 Å². The molecule has 3 rings (SSSR count). The Morgan fingerprint density at radius 3 is 2.90 bits per heavy atom. The molecule has 2 aliphatic carbocycles. The van der Waals surface area contributed by atoms with Gasteiger partial charge in [-0.3, -0.25) is 14.9 Å². The Kier molecular flexibility index (Phi) is 3.48. The van der Waals surface area contributed by atoms with Gasteiger partial charge in [-0.1, -0.05) is 6.42 Å². The van der Waals surface area contributed by atoms with E-state index in [0.717, 1.165) is 18.5 Å². The molecule has 0 aromatic carbocycles. The first-order valence-corrected chi connectivity index (χ1v) is 7.22. The molecule has 2 saturated carbocycles. The van der Waals surface area contributed by atoms with Gasteiger partial charge in [0.25, 0.3) is 11.6 Å². The summed E-state index contributed by atoms with van der Waals surface area (Å²) in [6, 6.07) is 1.26. The fraction of sp³-hybridized carbons (Fsp3) is 0.571. The van der Waals surface area contributed by atoms with Gasteiger partial charge in [-0.2, -0.15) is 0 Å². The van der Waals surface area contributed by atoms with E-state index in [2.05, 4.69) is 10.3 Å². The molecule has 2 bridgehead atoms. The van der Waals surface area contributed by atoms with Crippen LogP contribution in [0.15, 0.2) is 12.3 Å². The maximum absolute atomic E-state index is 12.2. The normalized spacial score (nSPS) is 26.8. The molecule has 1 aromatic heterocycles. The van der Waals surface area contributed by atoms with Crippen molar-refractivity contribution in [2.24, 2.45) is 17.8 Å². The number of hydrogen-bond donors (Lipinski definition) is 2. The van der Waals surface area contributed by atoms with Crippen LogP contribution in [0.5, 0.6) is 0 Å². The summed E-state index contributed by atoms with van der Waals surface area (Å²) in [6.07, 6.45) is 6.01. The number of hydrogen-bond acceptors (Lipinski definition) is 5. The second kappa shape index (κ2) is 5.31. The third-order valence-electron chi connectivity index (χ3n) is 4.75. The molecule has 1 heterocycles. The van der Waals surface area contributed by atoms with E-state index in [0.29, 0.717) is 18.4 Å². The number of aromatic nitrogens is 1. The van der Waals surface area contributed by atoms with E-state index in [-0.39, 0.29) is 17.1 Å². The van der Waals surface area contributed by atoms with Crippen LogP contribution in [0.4, 0.5) is 11.5 Å². The van der Waals surface area contributed by atoms with Crippen LogP contribution in [-0.4, -0.2) is 22.4 Å². The SMILES string of the molecule is Nc1cc(C(=O)NCC2CC3CCC2C3)c([N+](=O)[O-])cn1. The smallest absolute Gasteiger partial charge is 0.300 e. The summed E-state index contributed by atoms with van der Waals surface area (Å²) in [5.41, 5.74) is 5.19. The molecule has 2 fully saturated rings. The minimum absolute atomic E-state index is 0.0179. The Morgan fingerprint density at radius 2 is 2.29 bits per heavy atom. The second-order valence-electron chi connectivity index (χ2n) is 6.03. The highest BCUT2D eigenvalue weighted by molar-refractivity contribution is 5.98. The summed E-state index contributed by atoms with van der Waals surface area (Å²) in [6.45, 7) is 0.583. The molecular formula is C14H18N4O3. The van der Waals surface area contributed by atoms with Gasteiger partial charge in [0.15, 0.2) is 0 Å². The van der Waals surface area contributed by atoms with Crippen molar-refractivity contribution in [2.45, 2.75) is 25.7 Å². The van der Waals surface area contributed by atoms with Gasteiger partial charge >= 0.3 is 0 Å². The lowest BCUT2D eigenvalue weighted by Gasteiger charge is -2.21. The van der Waals surface area contributed by atoms with E-state index in [1.807, 2.05) is 0 Å². The molecule has 0 saturated heterocycles. The maximum Gasteiger partial charge on any atom is 0.300 e. The van der Waals surface area contributed by atoms with Crippen molar-refractivity contribution in [2.75, 3.05) is 12.3 Å². The summed E-state index contributed by atoms with van der Waals surface area (Å²) in [4.78, 5) is 26.2. The van der Waals surface area contributed by atoms with Crippen molar-refractivity contribution >= 4 is 17.4 Å². The standard InChI is InChI=1S/C14H18N4O3/c15-13-5-11(12(7-16-13)18(20)21)14(19)17-6-10-4-8-1-2-9(10)3-8/h5,7-10H,1-4,6H2,(H2,15,16)(H,17,19). The second-order valence-corrected chi connectivity index (χ2v) is 6.03. The van der Waals surface area contributed by atoms with Gasteiger partial charge < -0.3 is 11.1 Å². The number of anilines is 1.